The maximum Gasteiger partial charge on any atom is 0.215 e. The normalized spacial score (nSPS) is 16.6. The molecule has 114 valence electrons. The van der Waals surface area contributed by atoms with Crippen LogP contribution in [-0.2, 0) is 6.42 Å². The Morgan fingerprint density at radius 1 is 1.19 bits per heavy atom. The third-order valence-corrected chi connectivity index (χ3v) is 4.00. The molecule has 1 fully saturated rings. The van der Waals surface area contributed by atoms with Crippen molar-refractivity contribution in [3.05, 3.63) is 18.0 Å². The highest BCUT2D eigenvalue weighted by molar-refractivity contribution is 6.17. The Balaban J connectivity index is 2.05. The number of piperazine rings is 1. The monoisotopic (exact) mass is 309 g/mol. The number of fused-ring (bicyclic) bond motifs is 1. The van der Waals surface area contributed by atoms with Gasteiger partial charge < -0.3 is 14.6 Å². The van der Waals surface area contributed by atoms with Crippen molar-refractivity contribution in [3.63, 3.8) is 0 Å². The molecule has 0 unspecified atom stereocenters. The first kappa shape index (κ1) is 14.4. The maximum atomic E-state index is 5.93. The van der Waals surface area contributed by atoms with Gasteiger partial charge >= 0.3 is 0 Å². The predicted octanol–water partition coefficient (Wildman–Crippen LogP) is 1.10. The summed E-state index contributed by atoms with van der Waals surface area (Å²) < 4.78 is 7.36. The molecule has 0 aromatic carbocycles. The predicted molar refractivity (Wildman–Crippen MR) is 84.0 cm³/mol. The first-order valence-electron chi connectivity index (χ1n) is 7.15. The van der Waals surface area contributed by atoms with E-state index in [9.17, 15) is 0 Å². The molecule has 0 atom stereocenters. The number of aromatic nitrogens is 3. The molecule has 0 spiro atoms. The molecular formula is C14H20ClN5O. The van der Waals surface area contributed by atoms with E-state index in [-0.39, 0.29) is 0 Å². The fourth-order valence-corrected chi connectivity index (χ4v) is 2.80. The van der Waals surface area contributed by atoms with Crippen LogP contribution in [0.25, 0.3) is 11.2 Å². The zero-order valence-corrected chi connectivity index (χ0v) is 13.2. The molecule has 0 bridgehead atoms. The Labute approximate surface area is 129 Å². The van der Waals surface area contributed by atoms with Gasteiger partial charge in [-0.25, -0.2) is 9.66 Å². The number of halogens is 1. The van der Waals surface area contributed by atoms with Gasteiger partial charge in [-0.15, -0.1) is 11.6 Å². The van der Waals surface area contributed by atoms with Gasteiger partial charge in [0.25, 0.3) is 0 Å². The molecule has 3 rings (SSSR count). The molecule has 2 aromatic rings. The summed E-state index contributed by atoms with van der Waals surface area (Å²) in [5.41, 5.74) is 1.73. The third kappa shape index (κ3) is 2.78. The van der Waals surface area contributed by atoms with Gasteiger partial charge in [0.15, 0.2) is 5.65 Å². The minimum Gasteiger partial charge on any atom is -0.481 e. The third-order valence-electron chi connectivity index (χ3n) is 3.81. The second-order valence-electron chi connectivity index (χ2n) is 5.23. The summed E-state index contributed by atoms with van der Waals surface area (Å²) in [5.74, 6) is 2.12. The average Bonchev–Trinajstić information content (AvgIpc) is 2.85. The summed E-state index contributed by atoms with van der Waals surface area (Å²) in [6, 6.07) is 3.79. The minimum atomic E-state index is 0.550. The van der Waals surface area contributed by atoms with Crippen LogP contribution in [0.5, 0.6) is 5.88 Å². The fourth-order valence-electron chi connectivity index (χ4n) is 2.63. The topological polar surface area (TPSA) is 46.4 Å². The standard InChI is InChI=1S/C14H20ClN5O/c1-18-7-9-19(10-8-18)20-12(5-6-15)16-11-3-4-13(21-2)17-14(11)20/h3-4H,5-10H2,1-2H3. The summed E-state index contributed by atoms with van der Waals surface area (Å²) in [7, 11) is 3.77. The summed E-state index contributed by atoms with van der Waals surface area (Å²) in [6.07, 6.45) is 0.729. The molecule has 1 aliphatic rings. The zero-order chi connectivity index (χ0) is 14.8. The van der Waals surface area contributed by atoms with E-state index >= 15 is 0 Å². The summed E-state index contributed by atoms with van der Waals surface area (Å²) in [6.45, 7) is 3.97. The number of imidazole rings is 1. The van der Waals surface area contributed by atoms with E-state index in [1.165, 1.54) is 0 Å². The van der Waals surface area contributed by atoms with Crippen LogP contribution in [0.3, 0.4) is 0 Å². The molecule has 21 heavy (non-hydrogen) atoms. The lowest BCUT2D eigenvalue weighted by Gasteiger charge is -2.35. The number of hydrogen-bond acceptors (Lipinski definition) is 5. The SMILES string of the molecule is COc1ccc2nc(CCCl)n(N3CCN(C)CC3)c2n1. The summed E-state index contributed by atoms with van der Waals surface area (Å²) >= 11 is 5.93. The fraction of sp³-hybridized carbons (Fsp3) is 0.571. The lowest BCUT2D eigenvalue weighted by Crippen LogP contribution is -2.50. The lowest BCUT2D eigenvalue weighted by molar-refractivity contribution is 0.287. The lowest BCUT2D eigenvalue weighted by atomic mass is 10.4. The summed E-state index contributed by atoms with van der Waals surface area (Å²) in [5, 5.41) is 2.30. The second-order valence-corrected chi connectivity index (χ2v) is 5.61. The van der Waals surface area contributed by atoms with E-state index in [4.69, 9.17) is 16.3 Å². The number of aryl methyl sites for hydroxylation is 1. The van der Waals surface area contributed by atoms with E-state index in [1.807, 2.05) is 12.1 Å². The number of hydrogen-bond donors (Lipinski definition) is 0. The molecule has 3 heterocycles. The van der Waals surface area contributed by atoms with Crippen molar-refractivity contribution in [1.29, 1.82) is 0 Å². The Morgan fingerprint density at radius 3 is 2.62 bits per heavy atom. The maximum absolute atomic E-state index is 5.93. The van der Waals surface area contributed by atoms with Crippen LogP contribution in [0.1, 0.15) is 5.82 Å². The first-order valence-corrected chi connectivity index (χ1v) is 7.68. The van der Waals surface area contributed by atoms with Crippen molar-refractivity contribution in [2.45, 2.75) is 6.42 Å². The van der Waals surface area contributed by atoms with Gasteiger partial charge in [0.1, 0.15) is 11.3 Å². The summed E-state index contributed by atoms with van der Waals surface area (Å²) in [4.78, 5) is 11.6. The van der Waals surface area contributed by atoms with Gasteiger partial charge in [0.2, 0.25) is 5.88 Å². The van der Waals surface area contributed by atoms with Crippen LogP contribution in [0.15, 0.2) is 12.1 Å². The van der Waals surface area contributed by atoms with Crippen LogP contribution in [0.4, 0.5) is 0 Å². The van der Waals surface area contributed by atoms with Gasteiger partial charge in [-0.05, 0) is 13.1 Å². The largest absolute Gasteiger partial charge is 0.481 e. The molecule has 7 heteroatoms. The van der Waals surface area contributed by atoms with Gasteiger partial charge in [0, 0.05) is 44.5 Å². The van der Waals surface area contributed by atoms with Gasteiger partial charge in [-0.3, -0.25) is 0 Å². The molecule has 6 nitrogen and oxygen atoms in total. The molecular weight excluding hydrogens is 290 g/mol. The van der Waals surface area contributed by atoms with Crippen LogP contribution in [0.2, 0.25) is 0 Å². The van der Waals surface area contributed by atoms with Gasteiger partial charge in [0.05, 0.1) is 7.11 Å². The van der Waals surface area contributed by atoms with Crippen molar-refractivity contribution in [2.75, 3.05) is 51.2 Å². The number of likely N-dealkylation sites (N-methyl/N-ethyl adjacent to an activating group) is 1. The molecule has 0 radical (unpaired) electrons. The highest BCUT2D eigenvalue weighted by Gasteiger charge is 2.21. The Morgan fingerprint density at radius 2 is 1.95 bits per heavy atom. The highest BCUT2D eigenvalue weighted by Crippen LogP contribution is 2.20. The van der Waals surface area contributed by atoms with Crippen molar-refractivity contribution < 1.29 is 4.74 Å². The number of rotatable bonds is 4. The minimum absolute atomic E-state index is 0.550. The number of ether oxygens (including phenoxy) is 1. The molecule has 0 N–H and O–H groups in total. The van der Waals surface area contributed by atoms with Gasteiger partial charge in [-0.2, -0.15) is 4.98 Å². The molecule has 0 amide bonds. The Kier molecular flexibility index (Phi) is 4.17. The quantitative estimate of drug-likeness (QED) is 0.792. The molecule has 1 saturated heterocycles. The van der Waals surface area contributed by atoms with E-state index < -0.39 is 0 Å². The van der Waals surface area contributed by atoms with Gasteiger partial charge in [-0.1, -0.05) is 0 Å². The number of methoxy groups -OCH3 is 1. The number of pyridine rings is 1. The number of alkyl halides is 1. The smallest absolute Gasteiger partial charge is 0.215 e. The zero-order valence-electron chi connectivity index (χ0n) is 12.4. The average molecular weight is 310 g/mol. The van der Waals surface area contributed by atoms with Crippen LogP contribution >= 0.6 is 11.6 Å². The number of nitrogens with zero attached hydrogens (tertiary/aromatic N) is 5. The van der Waals surface area contributed by atoms with E-state index in [2.05, 4.69) is 31.6 Å². The molecule has 0 saturated carbocycles. The van der Waals surface area contributed by atoms with Crippen LogP contribution < -0.4 is 9.75 Å². The van der Waals surface area contributed by atoms with E-state index in [0.29, 0.717) is 11.8 Å². The molecule has 0 aliphatic carbocycles. The van der Waals surface area contributed by atoms with Crippen molar-refractivity contribution >= 4 is 22.8 Å². The Bertz CT molecular complexity index is 621. The second kappa shape index (κ2) is 6.07. The highest BCUT2D eigenvalue weighted by atomic mass is 35.5. The van der Waals surface area contributed by atoms with Crippen molar-refractivity contribution in [2.24, 2.45) is 0 Å². The Hall–Kier alpha value is -1.53. The van der Waals surface area contributed by atoms with E-state index in [0.717, 1.165) is 49.6 Å². The molecule has 1 aliphatic heterocycles. The first-order chi connectivity index (χ1) is 10.2. The van der Waals surface area contributed by atoms with Crippen LogP contribution in [-0.4, -0.2) is 65.8 Å². The van der Waals surface area contributed by atoms with Crippen LogP contribution in [0, 0.1) is 0 Å². The van der Waals surface area contributed by atoms with Crippen molar-refractivity contribution in [3.8, 4) is 5.88 Å². The molecule has 2 aromatic heterocycles. The van der Waals surface area contributed by atoms with Crippen molar-refractivity contribution in [1.82, 2.24) is 19.5 Å². The van der Waals surface area contributed by atoms with E-state index in [1.54, 1.807) is 7.11 Å².